The molecular weight excluding hydrogens is 401 g/mol. The molecule has 0 radical (unpaired) electrons. The minimum Gasteiger partial charge on any atom is -0.496 e. The van der Waals surface area contributed by atoms with E-state index in [9.17, 15) is 9.59 Å². The Morgan fingerprint density at radius 1 is 1.32 bits per heavy atom. The molecule has 2 amide bonds. The third-order valence-corrected chi connectivity index (χ3v) is 5.69. The van der Waals surface area contributed by atoms with Crippen molar-refractivity contribution in [3.8, 4) is 5.75 Å². The maximum atomic E-state index is 13.0. The highest BCUT2D eigenvalue weighted by molar-refractivity contribution is 6.31. The molecule has 0 saturated carbocycles. The topological polar surface area (TPSA) is 70.7 Å². The lowest BCUT2D eigenvalue weighted by molar-refractivity contribution is -0.124. The summed E-state index contributed by atoms with van der Waals surface area (Å²) in [5, 5.41) is 6.90. The minimum atomic E-state index is -0.425. The highest BCUT2D eigenvalue weighted by atomic mass is 35.5. The molecule has 6 nitrogen and oxygen atoms in total. The van der Waals surface area contributed by atoms with Gasteiger partial charge in [-0.25, -0.2) is 0 Å². The molecule has 3 rings (SSSR count). The number of hydrogen-bond donors (Lipinski definition) is 2. The van der Waals surface area contributed by atoms with Crippen LogP contribution in [0, 0.1) is 5.92 Å². The molecule has 2 atom stereocenters. The number of nitrogens with one attached hydrogen (secondary N) is 2. The first-order chi connectivity index (χ1) is 13.1. The van der Waals surface area contributed by atoms with Crippen molar-refractivity contribution in [1.29, 1.82) is 0 Å². The van der Waals surface area contributed by atoms with Crippen LogP contribution in [0.15, 0.2) is 18.2 Å². The van der Waals surface area contributed by atoms with Gasteiger partial charge in [-0.3, -0.25) is 9.59 Å². The summed E-state index contributed by atoms with van der Waals surface area (Å²) >= 11 is 6.06. The predicted molar refractivity (Wildman–Crippen MR) is 113 cm³/mol. The minimum absolute atomic E-state index is 0. The summed E-state index contributed by atoms with van der Waals surface area (Å²) in [4.78, 5) is 27.3. The molecule has 2 saturated heterocycles. The Morgan fingerprint density at radius 2 is 2.14 bits per heavy atom. The quantitative estimate of drug-likeness (QED) is 0.728. The zero-order valence-corrected chi connectivity index (χ0v) is 17.8. The Balaban J connectivity index is 0.00000280. The van der Waals surface area contributed by atoms with Crippen LogP contribution in [0.1, 0.15) is 42.5 Å². The Kier molecular flexibility index (Phi) is 8.86. The fraction of sp³-hybridized carbons (Fsp3) is 0.600. The molecule has 2 N–H and O–H groups in total. The van der Waals surface area contributed by atoms with Crippen LogP contribution >= 0.6 is 24.0 Å². The van der Waals surface area contributed by atoms with Crippen LogP contribution in [0.3, 0.4) is 0 Å². The first-order valence-corrected chi connectivity index (χ1v) is 10.1. The Morgan fingerprint density at radius 3 is 2.86 bits per heavy atom. The van der Waals surface area contributed by atoms with E-state index in [4.69, 9.17) is 16.3 Å². The molecule has 1 aromatic rings. The molecule has 2 fully saturated rings. The number of halogens is 2. The number of amides is 2. The number of rotatable bonds is 6. The van der Waals surface area contributed by atoms with Crippen LogP contribution in [-0.4, -0.2) is 56.0 Å². The van der Waals surface area contributed by atoms with E-state index in [1.165, 1.54) is 20.0 Å². The van der Waals surface area contributed by atoms with Gasteiger partial charge in [0, 0.05) is 18.1 Å². The number of benzene rings is 1. The summed E-state index contributed by atoms with van der Waals surface area (Å²) in [6, 6.07) is 4.54. The Labute approximate surface area is 177 Å². The number of carbonyl (C=O) groups is 2. The SMILES string of the molecule is COc1ccc(Cl)cc1C(=O)N1CCCC1C(=O)NCCC1CCCNC1.Cl. The standard InChI is InChI=1S/C20H28ClN3O3.ClH/c1-27-18-7-6-15(21)12-16(18)20(26)24-11-3-5-17(24)19(25)23-10-8-14-4-2-9-22-13-14;/h6-7,12,14,17,22H,2-5,8-11,13H2,1H3,(H,23,25);1H. The summed E-state index contributed by atoms with van der Waals surface area (Å²) in [5.74, 6) is 0.824. The molecule has 8 heteroatoms. The molecule has 0 aliphatic carbocycles. The van der Waals surface area contributed by atoms with Gasteiger partial charge in [0.25, 0.3) is 5.91 Å². The van der Waals surface area contributed by atoms with Gasteiger partial charge in [0.05, 0.1) is 12.7 Å². The fourth-order valence-electron chi connectivity index (χ4n) is 3.97. The second-order valence-electron chi connectivity index (χ2n) is 7.29. The molecule has 2 aliphatic rings. The van der Waals surface area contributed by atoms with Gasteiger partial charge >= 0.3 is 0 Å². The van der Waals surface area contributed by atoms with Crippen LogP contribution < -0.4 is 15.4 Å². The maximum Gasteiger partial charge on any atom is 0.258 e. The van der Waals surface area contributed by atoms with Gasteiger partial charge in [-0.05, 0) is 69.3 Å². The van der Waals surface area contributed by atoms with Crippen molar-refractivity contribution in [2.45, 2.75) is 38.1 Å². The summed E-state index contributed by atoms with van der Waals surface area (Å²) in [5.41, 5.74) is 0.401. The van der Waals surface area contributed by atoms with E-state index < -0.39 is 6.04 Å². The molecule has 156 valence electrons. The van der Waals surface area contributed by atoms with Crippen molar-refractivity contribution in [3.63, 3.8) is 0 Å². The van der Waals surface area contributed by atoms with E-state index in [1.54, 1.807) is 23.1 Å². The number of hydrogen-bond acceptors (Lipinski definition) is 4. The van der Waals surface area contributed by atoms with Crippen molar-refractivity contribution >= 4 is 35.8 Å². The molecule has 0 spiro atoms. The van der Waals surface area contributed by atoms with Gasteiger partial charge in [-0.2, -0.15) is 0 Å². The number of likely N-dealkylation sites (tertiary alicyclic amines) is 1. The lowest BCUT2D eigenvalue weighted by Gasteiger charge is -2.26. The van der Waals surface area contributed by atoms with Crippen LogP contribution in [0.2, 0.25) is 5.02 Å². The molecule has 2 unspecified atom stereocenters. The average Bonchev–Trinajstić information content (AvgIpc) is 3.18. The number of ether oxygens (including phenoxy) is 1. The zero-order valence-electron chi connectivity index (χ0n) is 16.2. The summed E-state index contributed by atoms with van der Waals surface area (Å²) < 4.78 is 5.30. The zero-order chi connectivity index (χ0) is 19.2. The number of methoxy groups -OCH3 is 1. The number of piperidine rings is 1. The highest BCUT2D eigenvalue weighted by Gasteiger charge is 2.35. The predicted octanol–water partition coefficient (Wildman–Crippen LogP) is 2.88. The van der Waals surface area contributed by atoms with Crippen molar-refractivity contribution < 1.29 is 14.3 Å². The molecule has 2 aliphatic heterocycles. The fourth-order valence-corrected chi connectivity index (χ4v) is 4.14. The molecule has 1 aromatic carbocycles. The largest absolute Gasteiger partial charge is 0.496 e. The molecule has 0 aromatic heterocycles. The number of carbonyl (C=O) groups excluding carboxylic acids is 2. The third-order valence-electron chi connectivity index (χ3n) is 5.46. The van der Waals surface area contributed by atoms with Crippen LogP contribution in [0.25, 0.3) is 0 Å². The normalized spacial score (nSPS) is 21.7. The Hall–Kier alpha value is -1.50. The molecule has 28 heavy (non-hydrogen) atoms. The van der Waals surface area contributed by atoms with E-state index in [1.807, 2.05) is 0 Å². The lowest BCUT2D eigenvalue weighted by atomic mass is 9.96. The van der Waals surface area contributed by atoms with Gasteiger partial charge in [-0.15, -0.1) is 12.4 Å². The first kappa shape index (κ1) is 22.8. The van der Waals surface area contributed by atoms with E-state index in [0.29, 0.717) is 41.8 Å². The van der Waals surface area contributed by atoms with E-state index in [2.05, 4.69) is 10.6 Å². The average molecular weight is 430 g/mol. The maximum absolute atomic E-state index is 13.0. The van der Waals surface area contributed by atoms with Crippen molar-refractivity contribution in [3.05, 3.63) is 28.8 Å². The molecular formula is C20H29Cl2N3O3. The van der Waals surface area contributed by atoms with Crippen LogP contribution in [0.4, 0.5) is 0 Å². The van der Waals surface area contributed by atoms with Gasteiger partial charge in [0.2, 0.25) is 5.91 Å². The van der Waals surface area contributed by atoms with Gasteiger partial charge < -0.3 is 20.3 Å². The third kappa shape index (κ3) is 5.52. The van der Waals surface area contributed by atoms with Gasteiger partial charge in [0.15, 0.2) is 0 Å². The second-order valence-corrected chi connectivity index (χ2v) is 7.73. The Bertz CT molecular complexity index is 681. The van der Waals surface area contributed by atoms with E-state index >= 15 is 0 Å². The van der Waals surface area contributed by atoms with Gasteiger partial charge in [0.1, 0.15) is 11.8 Å². The summed E-state index contributed by atoms with van der Waals surface area (Å²) in [6.45, 7) is 3.34. The van der Waals surface area contributed by atoms with E-state index in [0.717, 1.165) is 25.9 Å². The van der Waals surface area contributed by atoms with Crippen LogP contribution in [-0.2, 0) is 4.79 Å². The first-order valence-electron chi connectivity index (χ1n) is 9.73. The lowest BCUT2D eigenvalue weighted by Crippen LogP contribution is -2.46. The summed E-state index contributed by atoms with van der Waals surface area (Å²) in [6.07, 6.45) is 4.89. The van der Waals surface area contributed by atoms with Crippen molar-refractivity contribution in [2.24, 2.45) is 5.92 Å². The monoisotopic (exact) mass is 429 g/mol. The number of nitrogens with zero attached hydrogens (tertiary/aromatic N) is 1. The van der Waals surface area contributed by atoms with Crippen molar-refractivity contribution in [2.75, 3.05) is 33.3 Å². The van der Waals surface area contributed by atoms with Crippen molar-refractivity contribution in [1.82, 2.24) is 15.5 Å². The highest BCUT2D eigenvalue weighted by Crippen LogP contribution is 2.27. The molecule has 2 heterocycles. The smallest absolute Gasteiger partial charge is 0.258 e. The van der Waals surface area contributed by atoms with Gasteiger partial charge in [-0.1, -0.05) is 11.6 Å². The van der Waals surface area contributed by atoms with E-state index in [-0.39, 0.29) is 24.2 Å². The summed E-state index contributed by atoms with van der Waals surface area (Å²) in [7, 11) is 1.52. The second kappa shape index (κ2) is 10.9. The van der Waals surface area contributed by atoms with Crippen LogP contribution in [0.5, 0.6) is 5.75 Å². The molecule has 0 bridgehead atoms.